The van der Waals surface area contributed by atoms with Crippen molar-refractivity contribution in [1.29, 1.82) is 5.26 Å². The van der Waals surface area contributed by atoms with E-state index in [0.717, 1.165) is 0 Å². The summed E-state index contributed by atoms with van der Waals surface area (Å²) in [6.45, 7) is 2.00. The van der Waals surface area contributed by atoms with Crippen molar-refractivity contribution < 1.29 is 14.6 Å². The summed E-state index contributed by atoms with van der Waals surface area (Å²) in [6.07, 6.45) is -0.00102. The molecular formula is C12H12ClNO3. The van der Waals surface area contributed by atoms with Gasteiger partial charge in [-0.15, -0.1) is 11.6 Å². The number of hydrogen-bond donors (Lipinski definition) is 1. The van der Waals surface area contributed by atoms with Gasteiger partial charge in [-0.3, -0.25) is 4.79 Å². The molecular weight excluding hydrogens is 242 g/mol. The second-order valence-corrected chi connectivity index (χ2v) is 3.63. The van der Waals surface area contributed by atoms with Crippen molar-refractivity contribution in [2.24, 2.45) is 0 Å². The van der Waals surface area contributed by atoms with Crippen LogP contribution in [0.1, 0.15) is 23.6 Å². The minimum absolute atomic E-state index is 0.00102. The minimum Gasteiger partial charge on any atom is -0.508 e. The predicted molar refractivity (Wildman–Crippen MR) is 62.7 cm³/mol. The van der Waals surface area contributed by atoms with Gasteiger partial charge in [-0.2, -0.15) is 5.26 Å². The lowest BCUT2D eigenvalue weighted by Gasteiger charge is -2.09. The van der Waals surface area contributed by atoms with Crippen LogP contribution in [0.2, 0.25) is 0 Å². The van der Waals surface area contributed by atoms with Crippen LogP contribution >= 0.6 is 11.6 Å². The molecule has 0 aliphatic carbocycles. The number of rotatable bonds is 4. The molecule has 0 aliphatic heterocycles. The lowest BCUT2D eigenvalue weighted by atomic mass is 10.00. The highest BCUT2D eigenvalue weighted by molar-refractivity contribution is 6.17. The van der Waals surface area contributed by atoms with Crippen LogP contribution in [0, 0.1) is 11.3 Å². The number of benzene rings is 1. The molecule has 0 heterocycles. The second kappa shape index (κ2) is 6.12. The quantitative estimate of drug-likeness (QED) is 0.659. The van der Waals surface area contributed by atoms with Gasteiger partial charge in [0, 0.05) is 5.88 Å². The molecule has 0 aliphatic rings. The van der Waals surface area contributed by atoms with Crippen LogP contribution < -0.4 is 0 Å². The van der Waals surface area contributed by atoms with Gasteiger partial charge in [0.25, 0.3) is 0 Å². The predicted octanol–water partition coefficient (Wildman–Crippen LogP) is 2.11. The molecule has 0 radical (unpaired) electrons. The summed E-state index contributed by atoms with van der Waals surface area (Å²) in [6, 6.07) is 4.69. The summed E-state index contributed by atoms with van der Waals surface area (Å²) in [5, 5.41) is 18.3. The van der Waals surface area contributed by atoms with Crippen molar-refractivity contribution in [3.63, 3.8) is 0 Å². The van der Waals surface area contributed by atoms with Gasteiger partial charge in [0.2, 0.25) is 0 Å². The Morgan fingerprint density at radius 1 is 1.59 bits per heavy atom. The van der Waals surface area contributed by atoms with E-state index >= 15 is 0 Å². The van der Waals surface area contributed by atoms with Crippen molar-refractivity contribution in [2.45, 2.75) is 19.2 Å². The van der Waals surface area contributed by atoms with E-state index in [1.54, 1.807) is 6.92 Å². The lowest BCUT2D eigenvalue weighted by Crippen LogP contribution is -2.09. The molecule has 0 aromatic heterocycles. The van der Waals surface area contributed by atoms with E-state index in [0.29, 0.717) is 17.7 Å². The topological polar surface area (TPSA) is 70.3 Å². The van der Waals surface area contributed by atoms with Crippen molar-refractivity contribution in [3.05, 3.63) is 28.8 Å². The molecule has 0 atom stereocenters. The van der Waals surface area contributed by atoms with Crippen molar-refractivity contribution >= 4 is 17.6 Å². The molecule has 0 saturated heterocycles. The van der Waals surface area contributed by atoms with Gasteiger partial charge < -0.3 is 9.84 Å². The number of carbonyl (C=O) groups is 1. The van der Waals surface area contributed by atoms with Gasteiger partial charge in [-0.05, 0) is 30.2 Å². The Hall–Kier alpha value is -1.73. The standard InChI is InChI=1S/C12H12ClNO3/c1-2-17-12(16)5-8-3-10(15)4-9(7-14)11(8)6-13/h3-4,15H,2,5-6H2,1H3. The molecule has 0 bridgehead atoms. The molecule has 17 heavy (non-hydrogen) atoms. The van der Waals surface area contributed by atoms with Crippen LogP contribution in [-0.2, 0) is 21.8 Å². The van der Waals surface area contributed by atoms with E-state index < -0.39 is 5.97 Å². The van der Waals surface area contributed by atoms with Crippen molar-refractivity contribution in [3.8, 4) is 11.8 Å². The molecule has 0 fully saturated rings. The number of nitriles is 1. The summed E-state index contributed by atoms with van der Waals surface area (Å²) in [5.41, 5.74) is 1.36. The van der Waals surface area contributed by atoms with Crippen molar-refractivity contribution in [1.82, 2.24) is 0 Å². The third-order valence-corrected chi connectivity index (χ3v) is 2.49. The number of esters is 1. The zero-order chi connectivity index (χ0) is 12.8. The molecule has 0 saturated carbocycles. The van der Waals surface area contributed by atoms with Crippen LogP contribution in [0.5, 0.6) is 5.75 Å². The van der Waals surface area contributed by atoms with E-state index in [9.17, 15) is 9.90 Å². The second-order valence-electron chi connectivity index (χ2n) is 3.36. The third kappa shape index (κ3) is 3.36. The largest absolute Gasteiger partial charge is 0.508 e. The SMILES string of the molecule is CCOC(=O)Cc1cc(O)cc(C#N)c1CCl. The Morgan fingerprint density at radius 2 is 2.29 bits per heavy atom. The molecule has 5 heteroatoms. The lowest BCUT2D eigenvalue weighted by molar-refractivity contribution is -0.142. The van der Waals surface area contributed by atoms with Crippen LogP contribution in [0.3, 0.4) is 0 Å². The van der Waals surface area contributed by atoms with E-state index in [1.807, 2.05) is 6.07 Å². The monoisotopic (exact) mass is 253 g/mol. The van der Waals surface area contributed by atoms with Crippen LogP contribution in [0.4, 0.5) is 0 Å². The highest BCUT2D eigenvalue weighted by Gasteiger charge is 2.13. The van der Waals surface area contributed by atoms with E-state index in [-0.39, 0.29) is 23.6 Å². The van der Waals surface area contributed by atoms with Crippen LogP contribution in [0.15, 0.2) is 12.1 Å². The molecule has 4 nitrogen and oxygen atoms in total. The number of hydrogen-bond acceptors (Lipinski definition) is 4. The fourth-order valence-electron chi connectivity index (χ4n) is 1.50. The fraction of sp³-hybridized carbons (Fsp3) is 0.333. The molecule has 0 spiro atoms. The van der Waals surface area contributed by atoms with Gasteiger partial charge in [0.05, 0.1) is 24.7 Å². The Balaban J connectivity index is 3.10. The molecule has 0 unspecified atom stereocenters. The van der Waals surface area contributed by atoms with E-state index in [4.69, 9.17) is 21.6 Å². The van der Waals surface area contributed by atoms with Crippen LogP contribution in [-0.4, -0.2) is 17.7 Å². The summed E-state index contributed by atoms with van der Waals surface area (Å²) >= 11 is 5.74. The number of alkyl halides is 1. The Kier molecular flexibility index (Phi) is 4.80. The van der Waals surface area contributed by atoms with Gasteiger partial charge in [-0.1, -0.05) is 0 Å². The Bertz CT molecular complexity index is 466. The average molecular weight is 254 g/mol. The van der Waals surface area contributed by atoms with Crippen molar-refractivity contribution in [2.75, 3.05) is 6.61 Å². The summed E-state index contributed by atoms with van der Waals surface area (Å²) < 4.78 is 4.81. The third-order valence-electron chi connectivity index (χ3n) is 2.22. The zero-order valence-electron chi connectivity index (χ0n) is 9.36. The average Bonchev–Trinajstić information content (AvgIpc) is 2.28. The number of phenolic OH excluding ortho intramolecular Hbond substituents is 1. The maximum Gasteiger partial charge on any atom is 0.310 e. The Morgan fingerprint density at radius 3 is 2.82 bits per heavy atom. The molecule has 1 rings (SSSR count). The summed E-state index contributed by atoms with van der Waals surface area (Å²) in [5.74, 6) is -0.360. The summed E-state index contributed by atoms with van der Waals surface area (Å²) in [4.78, 5) is 11.4. The van der Waals surface area contributed by atoms with Gasteiger partial charge in [0.15, 0.2) is 0 Å². The number of halogens is 1. The first-order valence-electron chi connectivity index (χ1n) is 5.08. The maximum atomic E-state index is 11.4. The molecule has 1 aromatic carbocycles. The first-order valence-corrected chi connectivity index (χ1v) is 5.62. The Labute approximate surface area is 104 Å². The summed E-state index contributed by atoms with van der Waals surface area (Å²) in [7, 11) is 0. The zero-order valence-corrected chi connectivity index (χ0v) is 10.1. The number of nitrogens with zero attached hydrogens (tertiary/aromatic N) is 1. The smallest absolute Gasteiger partial charge is 0.310 e. The number of aromatic hydroxyl groups is 1. The van der Waals surface area contributed by atoms with Crippen LogP contribution in [0.25, 0.3) is 0 Å². The normalized spacial score (nSPS) is 9.71. The fourth-order valence-corrected chi connectivity index (χ4v) is 1.81. The highest BCUT2D eigenvalue weighted by Crippen LogP contribution is 2.23. The highest BCUT2D eigenvalue weighted by atomic mass is 35.5. The van der Waals surface area contributed by atoms with Gasteiger partial charge in [0.1, 0.15) is 5.75 Å². The van der Waals surface area contributed by atoms with Gasteiger partial charge >= 0.3 is 5.97 Å². The first-order chi connectivity index (χ1) is 8.12. The van der Waals surface area contributed by atoms with Gasteiger partial charge in [-0.25, -0.2) is 0 Å². The minimum atomic E-state index is -0.409. The molecule has 1 aromatic rings. The molecule has 1 N–H and O–H groups in total. The van der Waals surface area contributed by atoms with E-state index in [2.05, 4.69) is 0 Å². The maximum absolute atomic E-state index is 11.4. The number of carbonyl (C=O) groups excluding carboxylic acids is 1. The number of ether oxygens (including phenoxy) is 1. The molecule has 0 amide bonds. The number of phenols is 1. The first kappa shape index (κ1) is 13.3. The molecule has 90 valence electrons. The van der Waals surface area contributed by atoms with E-state index in [1.165, 1.54) is 12.1 Å².